The zero-order chi connectivity index (χ0) is 15.3. The number of carbonyl (C=O) groups is 1. The molecule has 1 rings (SSSR count). The Morgan fingerprint density at radius 3 is 2.40 bits per heavy atom. The minimum absolute atomic E-state index is 0.0623. The topological polar surface area (TPSA) is 35.5 Å². The van der Waals surface area contributed by atoms with E-state index in [-0.39, 0.29) is 18.2 Å². The van der Waals surface area contributed by atoms with Crippen LogP contribution < -0.4 is 0 Å². The zero-order valence-corrected chi connectivity index (χ0v) is 14.0. The number of esters is 1. The first-order valence-corrected chi connectivity index (χ1v) is 8.20. The van der Waals surface area contributed by atoms with Gasteiger partial charge in [-0.3, -0.25) is 4.79 Å². The molecular weight excluding hydrogens is 252 g/mol. The van der Waals surface area contributed by atoms with E-state index in [0.29, 0.717) is 30.3 Å². The molecule has 0 amide bonds. The predicted molar refractivity (Wildman–Crippen MR) is 81.5 cm³/mol. The molecule has 0 aliphatic carbocycles. The molecule has 0 aromatic heterocycles. The lowest BCUT2D eigenvalue weighted by Crippen LogP contribution is -2.44. The van der Waals surface area contributed by atoms with Crippen molar-refractivity contribution in [2.75, 3.05) is 0 Å². The molecule has 0 aromatic carbocycles. The van der Waals surface area contributed by atoms with Crippen LogP contribution in [0.25, 0.3) is 0 Å². The highest BCUT2D eigenvalue weighted by atomic mass is 16.6. The van der Waals surface area contributed by atoms with Gasteiger partial charge in [0.1, 0.15) is 6.10 Å². The van der Waals surface area contributed by atoms with E-state index >= 15 is 0 Å². The van der Waals surface area contributed by atoms with E-state index in [1.807, 2.05) is 13.8 Å². The summed E-state index contributed by atoms with van der Waals surface area (Å²) in [6, 6.07) is 0. The third kappa shape index (κ3) is 5.08. The Labute approximate surface area is 124 Å². The van der Waals surface area contributed by atoms with Gasteiger partial charge >= 0.3 is 5.97 Å². The van der Waals surface area contributed by atoms with Crippen LogP contribution in [-0.2, 0) is 14.3 Å². The molecule has 0 bridgehead atoms. The maximum atomic E-state index is 11.9. The van der Waals surface area contributed by atoms with Gasteiger partial charge in [-0.2, -0.15) is 0 Å². The van der Waals surface area contributed by atoms with Gasteiger partial charge in [0.25, 0.3) is 0 Å². The van der Waals surface area contributed by atoms with Gasteiger partial charge < -0.3 is 9.47 Å². The molecular formula is C17H32O3. The average Bonchev–Trinajstić information content (AvgIpc) is 2.35. The molecule has 4 unspecified atom stereocenters. The highest BCUT2D eigenvalue weighted by Gasteiger charge is 2.35. The molecule has 0 N–H and O–H groups in total. The van der Waals surface area contributed by atoms with Crippen LogP contribution in [-0.4, -0.2) is 24.3 Å². The van der Waals surface area contributed by atoms with Gasteiger partial charge in [-0.25, -0.2) is 0 Å². The number of carbonyl (C=O) groups excluding carboxylic acids is 1. The summed E-state index contributed by atoms with van der Waals surface area (Å²) in [6.07, 6.45) is 3.93. The normalized spacial score (nSPS) is 28.7. The van der Waals surface area contributed by atoms with E-state index in [1.54, 1.807) is 0 Å². The minimum Gasteiger partial charge on any atom is -0.459 e. The van der Waals surface area contributed by atoms with E-state index in [1.165, 1.54) is 0 Å². The summed E-state index contributed by atoms with van der Waals surface area (Å²) < 4.78 is 11.9. The first-order valence-electron chi connectivity index (χ1n) is 8.20. The quantitative estimate of drug-likeness (QED) is 0.686. The summed E-state index contributed by atoms with van der Waals surface area (Å²) in [5.41, 5.74) is 0. The SMILES string of the molecule is CCC1OC(C(OC(=O)CC(C)C)C(C)C)CCC1C. The third-order valence-corrected chi connectivity index (χ3v) is 4.16. The van der Waals surface area contributed by atoms with Crippen LogP contribution in [0.15, 0.2) is 0 Å². The van der Waals surface area contributed by atoms with Crippen LogP contribution in [0.2, 0.25) is 0 Å². The number of ether oxygens (including phenoxy) is 2. The van der Waals surface area contributed by atoms with Gasteiger partial charge in [-0.15, -0.1) is 0 Å². The molecule has 4 atom stereocenters. The molecule has 1 aliphatic rings. The Morgan fingerprint density at radius 2 is 1.90 bits per heavy atom. The van der Waals surface area contributed by atoms with Crippen molar-refractivity contribution in [3.8, 4) is 0 Å². The first-order chi connectivity index (χ1) is 9.35. The maximum absolute atomic E-state index is 11.9. The van der Waals surface area contributed by atoms with Crippen LogP contribution in [0.3, 0.4) is 0 Å². The summed E-state index contributed by atoms with van der Waals surface area (Å²) in [7, 11) is 0. The largest absolute Gasteiger partial charge is 0.459 e. The van der Waals surface area contributed by atoms with Gasteiger partial charge in [0, 0.05) is 6.42 Å². The molecule has 0 spiro atoms. The summed E-state index contributed by atoms with van der Waals surface area (Å²) in [5.74, 6) is 1.15. The van der Waals surface area contributed by atoms with Crippen molar-refractivity contribution in [1.29, 1.82) is 0 Å². The fourth-order valence-electron chi connectivity index (χ4n) is 2.95. The highest BCUT2D eigenvalue weighted by molar-refractivity contribution is 5.69. The first kappa shape index (κ1) is 17.5. The van der Waals surface area contributed by atoms with Crippen molar-refractivity contribution < 1.29 is 14.3 Å². The molecule has 3 nitrogen and oxygen atoms in total. The van der Waals surface area contributed by atoms with E-state index in [9.17, 15) is 4.79 Å². The smallest absolute Gasteiger partial charge is 0.306 e. The van der Waals surface area contributed by atoms with Crippen LogP contribution in [0.1, 0.15) is 67.2 Å². The summed E-state index contributed by atoms with van der Waals surface area (Å²) in [6.45, 7) is 12.7. The second kappa shape index (κ2) is 8.02. The van der Waals surface area contributed by atoms with Gasteiger partial charge in [-0.1, -0.05) is 41.5 Å². The summed E-state index contributed by atoms with van der Waals surface area (Å²) in [5, 5.41) is 0. The minimum atomic E-state index is -0.109. The molecule has 1 heterocycles. The van der Waals surface area contributed by atoms with Crippen molar-refractivity contribution in [3.05, 3.63) is 0 Å². The lowest BCUT2D eigenvalue weighted by molar-refractivity contribution is -0.177. The Hall–Kier alpha value is -0.570. The zero-order valence-electron chi connectivity index (χ0n) is 14.0. The molecule has 1 saturated heterocycles. The fourth-order valence-corrected chi connectivity index (χ4v) is 2.95. The predicted octanol–water partition coefficient (Wildman–Crippen LogP) is 4.19. The van der Waals surface area contributed by atoms with Crippen LogP contribution >= 0.6 is 0 Å². The lowest BCUT2D eigenvalue weighted by atomic mass is 9.87. The second-order valence-corrected chi connectivity index (χ2v) is 6.97. The van der Waals surface area contributed by atoms with E-state index in [2.05, 4.69) is 27.7 Å². The molecule has 0 aromatic rings. The Morgan fingerprint density at radius 1 is 1.25 bits per heavy atom. The van der Waals surface area contributed by atoms with Gasteiger partial charge in [-0.05, 0) is 37.0 Å². The average molecular weight is 284 g/mol. The molecule has 3 heteroatoms. The lowest BCUT2D eigenvalue weighted by Gasteiger charge is -2.39. The molecule has 118 valence electrons. The third-order valence-electron chi connectivity index (χ3n) is 4.16. The van der Waals surface area contributed by atoms with Crippen molar-refractivity contribution in [3.63, 3.8) is 0 Å². The standard InChI is InChI=1S/C17H32O3/c1-7-14-13(6)8-9-15(19-14)17(12(4)5)20-16(18)10-11(2)3/h11-15,17H,7-10H2,1-6H3. The van der Waals surface area contributed by atoms with Crippen molar-refractivity contribution in [1.82, 2.24) is 0 Å². The molecule has 0 saturated carbocycles. The van der Waals surface area contributed by atoms with E-state index < -0.39 is 0 Å². The van der Waals surface area contributed by atoms with Gasteiger partial charge in [0.15, 0.2) is 0 Å². The van der Waals surface area contributed by atoms with Crippen LogP contribution in [0.5, 0.6) is 0 Å². The van der Waals surface area contributed by atoms with Crippen molar-refractivity contribution in [2.45, 2.75) is 85.5 Å². The molecule has 1 fully saturated rings. The second-order valence-electron chi connectivity index (χ2n) is 6.97. The number of rotatable bonds is 6. The van der Waals surface area contributed by atoms with Gasteiger partial charge in [0.2, 0.25) is 0 Å². The Bertz CT molecular complexity index is 299. The summed E-state index contributed by atoms with van der Waals surface area (Å²) in [4.78, 5) is 11.9. The van der Waals surface area contributed by atoms with Crippen molar-refractivity contribution in [2.24, 2.45) is 17.8 Å². The fraction of sp³-hybridized carbons (Fsp3) is 0.941. The van der Waals surface area contributed by atoms with Crippen LogP contribution in [0, 0.1) is 17.8 Å². The van der Waals surface area contributed by atoms with Crippen molar-refractivity contribution >= 4 is 5.97 Å². The van der Waals surface area contributed by atoms with E-state index in [0.717, 1.165) is 19.3 Å². The van der Waals surface area contributed by atoms with E-state index in [4.69, 9.17) is 9.47 Å². The molecule has 0 radical (unpaired) electrons. The Balaban J connectivity index is 2.64. The Kier molecular flexibility index (Phi) is 7.01. The molecule has 1 aliphatic heterocycles. The number of hydrogen-bond acceptors (Lipinski definition) is 3. The monoisotopic (exact) mass is 284 g/mol. The maximum Gasteiger partial charge on any atom is 0.306 e. The number of hydrogen-bond donors (Lipinski definition) is 0. The van der Waals surface area contributed by atoms with Gasteiger partial charge in [0.05, 0.1) is 12.2 Å². The van der Waals surface area contributed by atoms with Crippen LogP contribution in [0.4, 0.5) is 0 Å². The summed E-state index contributed by atoms with van der Waals surface area (Å²) >= 11 is 0. The molecule has 20 heavy (non-hydrogen) atoms. The highest BCUT2D eigenvalue weighted by Crippen LogP contribution is 2.31.